The third kappa shape index (κ3) is 5.82. The SMILES string of the molecule is CCC(C)(C)CC[C@H](C)/C=C/Br. The maximum atomic E-state index is 3.31. The summed E-state index contributed by atoms with van der Waals surface area (Å²) >= 11 is 3.31. The first kappa shape index (κ1) is 12.2. The molecule has 0 spiro atoms. The lowest BCUT2D eigenvalue weighted by atomic mass is 9.83. The molecular weight excluding hydrogens is 212 g/mol. The van der Waals surface area contributed by atoms with Crippen LogP contribution in [0.15, 0.2) is 11.1 Å². The van der Waals surface area contributed by atoms with Crippen molar-refractivity contribution in [3.63, 3.8) is 0 Å². The molecule has 1 atom stereocenters. The number of allylic oxidation sites excluding steroid dienone is 1. The van der Waals surface area contributed by atoms with E-state index in [9.17, 15) is 0 Å². The van der Waals surface area contributed by atoms with E-state index < -0.39 is 0 Å². The van der Waals surface area contributed by atoms with Gasteiger partial charge < -0.3 is 0 Å². The van der Waals surface area contributed by atoms with Gasteiger partial charge in [0.1, 0.15) is 0 Å². The highest BCUT2D eigenvalue weighted by Crippen LogP contribution is 2.28. The van der Waals surface area contributed by atoms with Gasteiger partial charge in [0.15, 0.2) is 0 Å². The second kappa shape index (κ2) is 5.80. The molecule has 0 fully saturated rings. The fourth-order valence-electron chi connectivity index (χ4n) is 1.02. The topological polar surface area (TPSA) is 0 Å². The van der Waals surface area contributed by atoms with Crippen LogP contribution in [0.25, 0.3) is 0 Å². The van der Waals surface area contributed by atoms with Gasteiger partial charge >= 0.3 is 0 Å². The molecular formula is C11H21Br. The van der Waals surface area contributed by atoms with Gasteiger partial charge in [-0.2, -0.15) is 0 Å². The maximum absolute atomic E-state index is 3.31. The van der Waals surface area contributed by atoms with E-state index >= 15 is 0 Å². The maximum Gasteiger partial charge on any atom is -0.0226 e. The Morgan fingerprint density at radius 1 is 1.42 bits per heavy atom. The van der Waals surface area contributed by atoms with E-state index in [2.05, 4.69) is 49.7 Å². The zero-order valence-electron chi connectivity index (χ0n) is 8.73. The molecule has 0 bridgehead atoms. The monoisotopic (exact) mass is 232 g/mol. The van der Waals surface area contributed by atoms with E-state index in [4.69, 9.17) is 0 Å². The summed E-state index contributed by atoms with van der Waals surface area (Å²) in [6.07, 6.45) is 6.11. The molecule has 0 saturated carbocycles. The number of hydrogen-bond acceptors (Lipinski definition) is 0. The van der Waals surface area contributed by atoms with Gasteiger partial charge in [-0.15, -0.1) is 0 Å². The Bertz CT molecular complexity index is 136. The molecule has 0 aliphatic carbocycles. The van der Waals surface area contributed by atoms with Crippen molar-refractivity contribution in [3.05, 3.63) is 11.1 Å². The fraction of sp³-hybridized carbons (Fsp3) is 0.818. The average Bonchev–Trinajstić information content (AvgIpc) is 2.02. The van der Waals surface area contributed by atoms with Crippen LogP contribution in [-0.4, -0.2) is 0 Å². The van der Waals surface area contributed by atoms with Crippen molar-refractivity contribution >= 4 is 15.9 Å². The van der Waals surface area contributed by atoms with Gasteiger partial charge in [0, 0.05) is 0 Å². The van der Waals surface area contributed by atoms with Gasteiger partial charge in [0.25, 0.3) is 0 Å². The number of halogens is 1. The van der Waals surface area contributed by atoms with Crippen LogP contribution in [-0.2, 0) is 0 Å². The lowest BCUT2D eigenvalue weighted by Gasteiger charge is -2.23. The van der Waals surface area contributed by atoms with Crippen LogP contribution in [0.2, 0.25) is 0 Å². The molecule has 0 unspecified atom stereocenters. The van der Waals surface area contributed by atoms with E-state index in [1.165, 1.54) is 19.3 Å². The predicted molar refractivity (Wildman–Crippen MR) is 60.5 cm³/mol. The minimum absolute atomic E-state index is 0.522. The lowest BCUT2D eigenvalue weighted by Crippen LogP contribution is -2.10. The van der Waals surface area contributed by atoms with E-state index in [1.807, 2.05) is 4.99 Å². The Morgan fingerprint density at radius 3 is 2.42 bits per heavy atom. The van der Waals surface area contributed by atoms with Gasteiger partial charge in [0.05, 0.1) is 0 Å². The van der Waals surface area contributed by atoms with Crippen LogP contribution in [0.3, 0.4) is 0 Å². The Hall–Kier alpha value is 0.220. The molecule has 0 radical (unpaired) electrons. The van der Waals surface area contributed by atoms with Gasteiger partial charge in [-0.25, -0.2) is 0 Å². The Balaban J connectivity index is 3.67. The normalized spacial score (nSPS) is 15.4. The van der Waals surface area contributed by atoms with Crippen LogP contribution in [0, 0.1) is 11.3 Å². The molecule has 1 heteroatoms. The summed E-state index contributed by atoms with van der Waals surface area (Å²) in [4.78, 5) is 1.97. The van der Waals surface area contributed by atoms with Crippen LogP contribution in [0.4, 0.5) is 0 Å². The van der Waals surface area contributed by atoms with E-state index in [0.717, 1.165) is 0 Å². The van der Waals surface area contributed by atoms with Crippen molar-refractivity contribution < 1.29 is 0 Å². The summed E-state index contributed by atoms with van der Waals surface area (Å²) in [6.45, 7) is 9.23. The zero-order valence-corrected chi connectivity index (χ0v) is 10.3. The third-order valence-corrected chi connectivity index (χ3v) is 2.94. The third-order valence-electron chi connectivity index (χ3n) is 2.63. The second-order valence-corrected chi connectivity index (χ2v) is 4.88. The highest BCUT2D eigenvalue weighted by Gasteiger charge is 2.15. The molecule has 0 amide bonds. The summed E-state index contributed by atoms with van der Waals surface area (Å²) < 4.78 is 0. The first-order valence-electron chi connectivity index (χ1n) is 4.78. The standard InChI is InChI=1S/C11H21Br/c1-5-11(3,4)8-6-10(2)7-9-12/h7,9-10H,5-6,8H2,1-4H3/b9-7+/t10-/m0/s1. The summed E-state index contributed by atoms with van der Waals surface area (Å²) in [7, 11) is 0. The minimum atomic E-state index is 0.522. The van der Waals surface area contributed by atoms with Crippen molar-refractivity contribution in [2.24, 2.45) is 11.3 Å². The molecule has 0 N–H and O–H groups in total. The molecule has 0 rings (SSSR count). The molecule has 0 heterocycles. The highest BCUT2D eigenvalue weighted by atomic mass is 79.9. The van der Waals surface area contributed by atoms with Crippen molar-refractivity contribution in [2.75, 3.05) is 0 Å². The quantitative estimate of drug-likeness (QED) is 0.642. The molecule has 0 aliphatic rings. The predicted octanol–water partition coefficient (Wildman–Crippen LogP) is 4.75. The molecule has 0 saturated heterocycles. The van der Waals surface area contributed by atoms with Crippen LogP contribution < -0.4 is 0 Å². The van der Waals surface area contributed by atoms with Crippen molar-refractivity contribution in [2.45, 2.75) is 47.0 Å². The van der Waals surface area contributed by atoms with Gasteiger partial charge in [0.2, 0.25) is 0 Å². The number of hydrogen-bond donors (Lipinski definition) is 0. The van der Waals surface area contributed by atoms with E-state index in [-0.39, 0.29) is 0 Å². The number of rotatable bonds is 5. The molecule has 0 aliphatic heterocycles. The van der Waals surface area contributed by atoms with Gasteiger partial charge in [-0.05, 0) is 29.2 Å². The Morgan fingerprint density at radius 2 is 2.00 bits per heavy atom. The van der Waals surface area contributed by atoms with Crippen LogP contribution in [0.5, 0.6) is 0 Å². The van der Waals surface area contributed by atoms with E-state index in [1.54, 1.807) is 0 Å². The van der Waals surface area contributed by atoms with Crippen LogP contribution in [0.1, 0.15) is 47.0 Å². The van der Waals surface area contributed by atoms with Gasteiger partial charge in [-0.1, -0.05) is 56.1 Å². The summed E-state index contributed by atoms with van der Waals surface area (Å²) in [5.74, 6) is 0.704. The summed E-state index contributed by atoms with van der Waals surface area (Å²) in [5.41, 5.74) is 0.522. The molecule has 0 nitrogen and oxygen atoms in total. The minimum Gasteiger partial charge on any atom is -0.0748 e. The van der Waals surface area contributed by atoms with Gasteiger partial charge in [-0.3, -0.25) is 0 Å². The Kier molecular flexibility index (Phi) is 5.90. The largest absolute Gasteiger partial charge is 0.0748 e. The summed E-state index contributed by atoms with van der Waals surface area (Å²) in [5, 5.41) is 0. The van der Waals surface area contributed by atoms with Crippen molar-refractivity contribution in [3.8, 4) is 0 Å². The van der Waals surface area contributed by atoms with Crippen molar-refractivity contribution in [1.29, 1.82) is 0 Å². The van der Waals surface area contributed by atoms with E-state index in [0.29, 0.717) is 11.3 Å². The molecule has 0 aromatic heterocycles. The second-order valence-electron chi connectivity index (χ2n) is 4.35. The summed E-state index contributed by atoms with van der Waals surface area (Å²) in [6, 6.07) is 0. The molecule has 0 aromatic rings. The van der Waals surface area contributed by atoms with Crippen LogP contribution >= 0.6 is 15.9 Å². The first-order valence-corrected chi connectivity index (χ1v) is 5.70. The average molecular weight is 233 g/mol. The highest BCUT2D eigenvalue weighted by molar-refractivity contribution is 9.11. The molecule has 72 valence electrons. The lowest BCUT2D eigenvalue weighted by molar-refractivity contribution is 0.299. The smallest absolute Gasteiger partial charge is 0.0226 e. The molecule has 12 heavy (non-hydrogen) atoms. The fourth-order valence-corrected chi connectivity index (χ4v) is 1.54. The molecule has 0 aromatic carbocycles. The zero-order chi connectivity index (χ0) is 9.61. The van der Waals surface area contributed by atoms with Crippen molar-refractivity contribution in [1.82, 2.24) is 0 Å². The first-order chi connectivity index (χ1) is 5.52. The Labute approximate surface area is 85.6 Å².